The van der Waals surface area contributed by atoms with Crippen LogP contribution in [0.5, 0.6) is 0 Å². The summed E-state index contributed by atoms with van der Waals surface area (Å²) in [6, 6.07) is 17.7. The van der Waals surface area contributed by atoms with Crippen LogP contribution in [0.2, 0.25) is 10.0 Å². The number of H-pyrrole nitrogens is 1. The zero-order chi connectivity index (χ0) is 24.4. The summed E-state index contributed by atoms with van der Waals surface area (Å²) in [4.78, 5) is 12.6. The molecule has 0 saturated heterocycles. The van der Waals surface area contributed by atoms with E-state index in [4.69, 9.17) is 28.9 Å². The molecule has 0 bridgehead atoms. The summed E-state index contributed by atoms with van der Waals surface area (Å²) in [5.41, 5.74) is 10.0. The minimum absolute atomic E-state index is 0.277. The summed E-state index contributed by atoms with van der Waals surface area (Å²) in [5, 5.41) is 24.8. The van der Waals surface area contributed by atoms with Gasteiger partial charge in [-0.1, -0.05) is 58.8 Å². The molecule has 0 aliphatic carbocycles. The summed E-state index contributed by atoms with van der Waals surface area (Å²) >= 11 is 13.8. The molecule has 0 aliphatic rings. The predicted octanol–water partition coefficient (Wildman–Crippen LogP) is 5.64. The standard InChI is InChI=1S/C24H19Cl2N7OS/c25-15-6-4-13(5-7-15)10-18(27)22(34)29-16-3-1-2-14(11-16)23-32-33-24(35-23)30-20-9-8-19-17(21(20)26)12-28-31-19/h1-9,11-12,18H,10,27H2,(H,28,31)(H,29,34)(H,30,33). The quantitative estimate of drug-likeness (QED) is 0.219. The van der Waals surface area contributed by atoms with Gasteiger partial charge in [-0.2, -0.15) is 5.10 Å². The van der Waals surface area contributed by atoms with E-state index in [0.717, 1.165) is 22.0 Å². The average molecular weight is 524 g/mol. The van der Waals surface area contributed by atoms with Crippen LogP contribution in [0.3, 0.4) is 0 Å². The van der Waals surface area contributed by atoms with Crippen molar-refractivity contribution in [2.24, 2.45) is 5.73 Å². The second kappa shape index (κ2) is 10.0. The van der Waals surface area contributed by atoms with Gasteiger partial charge in [0.15, 0.2) is 0 Å². The van der Waals surface area contributed by atoms with Crippen molar-refractivity contribution >= 4 is 67.9 Å². The zero-order valence-electron chi connectivity index (χ0n) is 18.1. The van der Waals surface area contributed by atoms with Crippen LogP contribution in [0.25, 0.3) is 21.5 Å². The molecule has 0 spiro atoms. The fourth-order valence-electron chi connectivity index (χ4n) is 3.52. The molecule has 0 saturated carbocycles. The number of carbonyl (C=O) groups excluding carboxylic acids is 1. The van der Waals surface area contributed by atoms with Gasteiger partial charge in [0.05, 0.1) is 28.5 Å². The minimum atomic E-state index is -0.700. The van der Waals surface area contributed by atoms with Crippen LogP contribution in [0.1, 0.15) is 5.56 Å². The Balaban J connectivity index is 1.27. The molecule has 176 valence electrons. The topological polar surface area (TPSA) is 122 Å². The number of nitrogens with zero attached hydrogens (tertiary/aromatic N) is 3. The molecule has 3 aromatic carbocycles. The van der Waals surface area contributed by atoms with Crippen LogP contribution < -0.4 is 16.4 Å². The van der Waals surface area contributed by atoms with E-state index < -0.39 is 6.04 Å². The average Bonchev–Trinajstić information content (AvgIpc) is 3.53. The summed E-state index contributed by atoms with van der Waals surface area (Å²) in [5.74, 6) is -0.277. The predicted molar refractivity (Wildman–Crippen MR) is 141 cm³/mol. The highest BCUT2D eigenvalue weighted by Crippen LogP contribution is 2.34. The van der Waals surface area contributed by atoms with E-state index in [0.29, 0.717) is 38.0 Å². The van der Waals surface area contributed by atoms with Gasteiger partial charge in [0.25, 0.3) is 0 Å². The Kier molecular flexibility index (Phi) is 6.65. The molecule has 1 unspecified atom stereocenters. The lowest BCUT2D eigenvalue weighted by Crippen LogP contribution is -2.37. The lowest BCUT2D eigenvalue weighted by Gasteiger charge is -2.13. The number of benzene rings is 3. The molecule has 0 fully saturated rings. The SMILES string of the molecule is NC(Cc1ccc(Cl)cc1)C(=O)Nc1cccc(-c2nnc(Nc3ccc4[nH]ncc4c3Cl)s2)c1. The Morgan fingerprint density at radius 3 is 2.74 bits per heavy atom. The lowest BCUT2D eigenvalue weighted by molar-refractivity contribution is -0.117. The van der Waals surface area contributed by atoms with Crippen LogP contribution >= 0.6 is 34.5 Å². The molecule has 35 heavy (non-hydrogen) atoms. The number of anilines is 3. The van der Waals surface area contributed by atoms with Crippen molar-refractivity contribution in [2.75, 3.05) is 10.6 Å². The number of halogens is 2. The Labute approximate surface area is 214 Å². The van der Waals surface area contributed by atoms with Crippen LogP contribution in [0, 0.1) is 0 Å². The van der Waals surface area contributed by atoms with E-state index in [1.807, 2.05) is 42.5 Å². The summed E-state index contributed by atoms with van der Waals surface area (Å²) in [6.45, 7) is 0. The second-order valence-electron chi connectivity index (χ2n) is 7.80. The molecule has 1 atom stereocenters. The van der Waals surface area contributed by atoms with Gasteiger partial charge < -0.3 is 16.4 Å². The fraction of sp³-hybridized carbons (Fsp3) is 0.0833. The molecular formula is C24H19Cl2N7OS. The third-order valence-electron chi connectivity index (χ3n) is 5.31. The smallest absolute Gasteiger partial charge is 0.241 e. The highest BCUT2D eigenvalue weighted by atomic mass is 35.5. The number of nitrogens with one attached hydrogen (secondary N) is 3. The molecule has 1 amide bonds. The number of amides is 1. The monoisotopic (exact) mass is 523 g/mol. The summed E-state index contributed by atoms with van der Waals surface area (Å²) in [6.07, 6.45) is 2.08. The molecule has 5 N–H and O–H groups in total. The molecule has 5 rings (SSSR count). The minimum Gasteiger partial charge on any atom is -0.329 e. The first kappa shape index (κ1) is 23.3. The number of carbonyl (C=O) groups is 1. The molecule has 2 heterocycles. The van der Waals surface area contributed by atoms with Crippen molar-refractivity contribution in [1.29, 1.82) is 0 Å². The third-order valence-corrected chi connectivity index (χ3v) is 6.85. The highest BCUT2D eigenvalue weighted by molar-refractivity contribution is 7.18. The molecule has 2 aromatic heterocycles. The van der Waals surface area contributed by atoms with E-state index in [1.54, 1.807) is 24.4 Å². The first-order valence-electron chi connectivity index (χ1n) is 10.6. The normalized spacial score (nSPS) is 12.0. The number of rotatable bonds is 7. The molecular weight excluding hydrogens is 505 g/mol. The van der Waals surface area contributed by atoms with Gasteiger partial charge in [0, 0.05) is 21.7 Å². The first-order valence-corrected chi connectivity index (χ1v) is 12.2. The van der Waals surface area contributed by atoms with E-state index >= 15 is 0 Å². The molecule has 0 aliphatic heterocycles. The summed E-state index contributed by atoms with van der Waals surface area (Å²) in [7, 11) is 0. The van der Waals surface area contributed by atoms with Crippen LogP contribution in [0.15, 0.2) is 66.9 Å². The van der Waals surface area contributed by atoms with Crippen molar-refractivity contribution in [3.8, 4) is 10.6 Å². The largest absolute Gasteiger partial charge is 0.329 e. The molecule has 11 heteroatoms. The number of fused-ring (bicyclic) bond motifs is 1. The van der Waals surface area contributed by atoms with Crippen molar-refractivity contribution in [3.05, 3.63) is 82.5 Å². The first-order chi connectivity index (χ1) is 17.0. The lowest BCUT2D eigenvalue weighted by atomic mass is 10.1. The summed E-state index contributed by atoms with van der Waals surface area (Å²) < 4.78 is 0. The molecule has 0 radical (unpaired) electrons. The van der Waals surface area contributed by atoms with Crippen molar-refractivity contribution < 1.29 is 4.79 Å². The number of hydrogen-bond donors (Lipinski definition) is 4. The van der Waals surface area contributed by atoms with Gasteiger partial charge in [0.1, 0.15) is 5.01 Å². The van der Waals surface area contributed by atoms with Crippen LogP contribution in [-0.2, 0) is 11.2 Å². The maximum atomic E-state index is 12.6. The Morgan fingerprint density at radius 1 is 1.09 bits per heavy atom. The van der Waals surface area contributed by atoms with Gasteiger partial charge >= 0.3 is 0 Å². The van der Waals surface area contributed by atoms with Crippen LogP contribution in [0.4, 0.5) is 16.5 Å². The maximum Gasteiger partial charge on any atom is 0.241 e. The fourth-order valence-corrected chi connectivity index (χ4v) is 4.66. The van der Waals surface area contributed by atoms with Crippen molar-refractivity contribution in [2.45, 2.75) is 12.5 Å². The van der Waals surface area contributed by atoms with Crippen LogP contribution in [-0.4, -0.2) is 32.3 Å². The molecule has 8 nitrogen and oxygen atoms in total. The van der Waals surface area contributed by atoms with E-state index in [1.165, 1.54) is 11.3 Å². The van der Waals surface area contributed by atoms with Crippen molar-refractivity contribution in [3.63, 3.8) is 0 Å². The maximum absolute atomic E-state index is 12.6. The number of hydrogen-bond acceptors (Lipinski definition) is 7. The van der Waals surface area contributed by atoms with E-state index in [-0.39, 0.29) is 5.91 Å². The van der Waals surface area contributed by atoms with Crippen molar-refractivity contribution in [1.82, 2.24) is 20.4 Å². The zero-order valence-corrected chi connectivity index (χ0v) is 20.5. The van der Waals surface area contributed by atoms with Gasteiger partial charge in [-0.25, -0.2) is 0 Å². The second-order valence-corrected chi connectivity index (χ2v) is 9.59. The van der Waals surface area contributed by atoms with Gasteiger partial charge in [-0.3, -0.25) is 9.89 Å². The number of aromatic amines is 1. The highest BCUT2D eigenvalue weighted by Gasteiger charge is 2.16. The van der Waals surface area contributed by atoms with Gasteiger partial charge in [-0.05, 0) is 48.4 Å². The van der Waals surface area contributed by atoms with E-state index in [9.17, 15) is 4.79 Å². The number of nitrogens with two attached hydrogens (primary N) is 1. The number of aromatic nitrogens is 4. The van der Waals surface area contributed by atoms with E-state index in [2.05, 4.69) is 31.0 Å². The Bertz CT molecular complexity index is 1500. The Morgan fingerprint density at radius 2 is 1.91 bits per heavy atom. The third kappa shape index (κ3) is 5.28. The molecule has 5 aromatic rings. The Hall–Kier alpha value is -3.50. The van der Waals surface area contributed by atoms with Gasteiger partial charge in [-0.15, -0.1) is 10.2 Å². The van der Waals surface area contributed by atoms with Gasteiger partial charge in [0.2, 0.25) is 11.0 Å².